The van der Waals surface area contributed by atoms with E-state index in [1.807, 2.05) is 18.2 Å². The highest BCUT2D eigenvalue weighted by atomic mass is 32.1. The molecule has 0 aliphatic heterocycles. The molecule has 0 radical (unpaired) electrons. The molecule has 0 fully saturated rings. The third-order valence-corrected chi connectivity index (χ3v) is 4.38. The van der Waals surface area contributed by atoms with Gasteiger partial charge in [0, 0.05) is 17.3 Å². The number of nitrogen functional groups attached to an aromatic ring is 1. The number of hydrogen-bond donors (Lipinski definition) is 2. The highest BCUT2D eigenvalue weighted by Crippen LogP contribution is 2.33. The van der Waals surface area contributed by atoms with Gasteiger partial charge < -0.3 is 11.1 Å². The average Bonchev–Trinajstić information content (AvgIpc) is 2.85. The second kappa shape index (κ2) is 6.11. The van der Waals surface area contributed by atoms with Gasteiger partial charge in [0.15, 0.2) is 0 Å². The van der Waals surface area contributed by atoms with Gasteiger partial charge in [0.1, 0.15) is 15.5 Å². The second-order valence-electron chi connectivity index (χ2n) is 4.92. The van der Waals surface area contributed by atoms with Gasteiger partial charge in [-0.1, -0.05) is 19.4 Å². The summed E-state index contributed by atoms with van der Waals surface area (Å²) in [6, 6.07) is 9.25. The molecule has 3 aromatic heterocycles. The minimum atomic E-state index is -0.253. The predicted octanol–water partition coefficient (Wildman–Crippen LogP) is 3.48. The Bertz CT molecular complexity index is 814. The molecular weight excluding hydrogens is 296 g/mol. The Morgan fingerprint density at radius 2 is 2.18 bits per heavy atom. The Balaban J connectivity index is 1.93. The summed E-state index contributed by atoms with van der Waals surface area (Å²) in [4.78, 5) is 22.3. The number of carbonyl (C=O) groups is 1. The van der Waals surface area contributed by atoms with Crippen molar-refractivity contribution in [1.29, 1.82) is 0 Å². The molecule has 0 bridgehead atoms. The topological polar surface area (TPSA) is 80.9 Å². The zero-order valence-corrected chi connectivity index (χ0v) is 13.0. The van der Waals surface area contributed by atoms with E-state index < -0.39 is 0 Å². The Hall–Kier alpha value is -2.47. The van der Waals surface area contributed by atoms with E-state index in [0.29, 0.717) is 16.4 Å². The molecule has 1 amide bonds. The fourth-order valence-electron chi connectivity index (χ4n) is 2.21. The van der Waals surface area contributed by atoms with E-state index in [9.17, 15) is 4.79 Å². The van der Waals surface area contributed by atoms with Crippen LogP contribution in [0.15, 0.2) is 36.5 Å². The van der Waals surface area contributed by atoms with Crippen molar-refractivity contribution in [2.45, 2.75) is 19.8 Å². The summed E-state index contributed by atoms with van der Waals surface area (Å²) in [5, 5.41) is 3.58. The van der Waals surface area contributed by atoms with Crippen LogP contribution in [0.3, 0.4) is 0 Å². The van der Waals surface area contributed by atoms with E-state index in [4.69, 9.17) is 5.73 Å². The number of amides is 1. The minimum absolute atomic E-state index is 0.253. The molecule has 0 spiro atoms. The number of pyridine rings is 2. The quantitative estimate of drug-likeness (QED) is 0.773. The lowest BCUT2D eigenvalue weighted by atomic mass is 10.2. The Morgan fingerprint density at radius 1 is 1.32 bits per heavy atom. The zero-order valence-electron chi connectivity index (χ0n) is 12.2. The number of aryl methyl sites for hydroxylation is 1. The van der Waals surface area contributed by atoms with Crippen molar-refractivity contribution in [2.75, 3.05) is 11.1 Å². The van der Waals surface area contributed by atoms with Crippen LogP contribution in [0.25, 0.3) is 10.2 Å². The number of nitrogens with two attached hydrogens (primary N) is 1. The summed E-state index contributed by atoms with van der Waals surface area (Å²) in [6.45, 7) is 2.11. The van der Waals surface area contributed by atoms with Crippen LogP contribution in [-0.4, -0.2) is 15.9 Å². The summed E-state index contributed by atoms with van der Waals surface area (Å²) in [5.74, 6) is 0.250. The van der Waals surface area contributed by atoms with Crippen LogP contribution in [0.5, 0.6) is 0 Å². The normalized spacial score (nSPS) is 10.8. The summed E-state index contributed by atoms with van der Waals surface area (Å²) in [6.07, 6.45) is 3.58. The first-order valence-corrected chi connectivity index (χ1v) is 7.91. The van der Waals surface area contributed by atoms with Crippen LogP contribution in [0.1, 0.15) is 28.7 Å². The fourth-order valence-corrected chi connectivity index (χ4v) is 3.22. The monoisotopic (exact) mass is 312 g/mol. The molecule has 112 valence electrons. The van der Waals surface area contributed by atoms with Crippen molar-refractivity contribution in [3.05, 3.63) is 47.1 Å². The molecule has 0 aliphatic rings. The maximum absolute atomic E-state index is 12.4. The summed E-state index contributed by atoms with van der Waals surface area (Å²) < 4.78 is 0. The first kappa shape index (κ1) is 14.5. The van der Waals surface area contributed by atoms with Gasteiger partial charge in [-0.25, -0.2) is 9.97 Å². The van der Waals surface area contributed by atoms with Crippen LogP contribution < -0.4 is 11.1 Å². The third kappa shape index (κ3) is 2.78. The number of anilines is 2. The maximum Gasteiger partial charge on any atom is 0.269 e. The largest absolute Gasteiger partial charge is 0.397 e. The number of aromatic nitrogens is 2. The SMILES string of the molecule is CCCc1ccc2c(N)c(C(=O)Nc3ccccn3)sc2n1. The van der Waals surface area contributed by atoms with E-state index in [1.165, 1.54) is 11.3 Å². The van der Waals surface area contributed by atoms with Gasteiger partial charge in [0.25, 0.3) is 5.91 Å². The molecule has 3 aromatic rings. The van der Waals surface area contributed by atoms with E-state index in [1.54, 1.807) is 18.3 Å². The predicted molar refractivity (Wildman–Crippen MR) is 90.2 cm³/mol. The number of thiophene rings is 1. The highest BCUT2D eigenvalue weighted by Gasteiger charge is 2.17. The molecule has 3 heterocycles. The first-order chi connectivity index (χ1) is 10.7. The average molecular weight is 312 g/mol. The summed E-state index contributed by atoms with van der Waals surface area (Å²) in [5.41, 5.74) is 7.60. The van der Waals surface area contributed by atoms with E-state index >= 15 is 0 Å². The van der Waals surface area contributed by atoms with Gasteiger partial charge in [-0.2, -0.15) is 0 Å². The standard InChI is InChI=1S/C16H16N4OS/c1-2-5-10-7-8-11-13(17)14(22-16(11)19-10)15(21)20-12-6-3-4-9-18-12/h3-4,6-9H,2,5,17H2,1H3,(H,18,20,21). The maximum atomic E-state index is 12.4. The second-order valence-corrected chi connectivity index (χ2v) is 5.92. The molecule has 0 saturated heterocycles. The molecule has 3 rings (SSSR count). The van der Waals surface area contributed by atoms with Gasteiger partial charge in [0.2, 0.25) is 0 Å². The Kier molecular flexibility index (Phi) is 4.02. The summed E-state index contributed by atoms with van der Waals surface area (Å²) >= 11 is 1.32. The van der Waals surface area contributed by atoms with Crippen molar-refractivity contribution in [1.82, 2.24) is 9.97 Å². The molecule has 0 atom stereocenters. The number of carbonyl (C=O) groups excluding carboxylic acids is 1. The number of rotatable bonds is 4. The van der Waals surface area contributed by atoms with Crippen LogP contribution in [0, 0.1) is 0 Å². The van der Waals surface area contributed by atoms with Crippen LogP contribution >= 0.6 is 11.3 Å². The molecule has 5 nitrogen and oxygen atoms in total. The highest BCUT2D eigenvalue weighted by molar-refractivity contribution is 7.21. The van der Waals surface area contributed by atoms with Crippen LogP contribution in [-0.2, 0) is 6.42 Å². The molecular formula is C16H16N4OS. The number of nitrogens with one attached hydrogen (secondary N) is 1. The molecule has 3 N–H and O–H groups in total. The Labute approximate surface area is 132 Å². The Morgan fingerprint density at radius 3 is 2.91 bits per heavy atom. The lowest BCUT2D eigenvalue weighted by Gasteiger charge is -2.02. The lowest BCUT2D eigenvalue weighted by molar-refractivity contribution is 0.103. The van der Waals surface area contributed by atoms with Crippen LogP contribution in [0.2, 0.25) is 0 Å². The van der Waals surface area contributed by atoms with Crippen molar-refractivity contribution >= 4 is 39.0 Å². The van der Waals surface area contributed by atoms with E-state index in [2.05, 4.69) is 22.2 Å². The third-order valence-electron chi connectivity index (χ3n) is 3.27. The van der Waals surface area contributed by atoms with Gasteiger partial charge in [-0.05, 0) is 30.7 Å². The number of fused-ring (bicyclic) bond motifs is 1. The van der Waals surface area contributed by atoms with Crippen molar-refractivity contribution in [3.8, 4) is 0 Å². The van der Waals surface area contributed by atoms with Gasteiger partial charge >= 0.3 is 0 Å². The zero-order chi connectivity index (χ0) is 15.5. The number of hydrogen-bond acceptors (Lipinski definition) is 5. The van der Waals surface area contributed by atoms with Crippen molar-refractivity contribution in [2.24, 2.45) is 0 Å². The van der Waals surface area contributed by atoms with Gasteiger partial charge in [-0.3, -0.25) is 4.79 Å². The van der Waals surface area contributed by atoms with E-state index in [-0.39, 0.29) is 5.91 Å². The van der Waals surface area contributed by atoms with Crippen molar-refractivity contribution in [3.63, 3.8) is 0 Å². The molecule has 0 unspecified atom stereocenters. The van der Waals surface area contributed by atoms with Crippen molar-refractivity contribution < 1.29 is 4.79 Å². The molecule has 22 heavy (non-hydrogen) atoms. The minimum Gasteiger partial charge on any atom is -0.397 e. The number of nitrogens with zero attached hydrogens (tertiary/aromatic N) is 2. The summed E-state index contributed by atoms with van der Waals surface area (Å²) in [7, 11) is 0. The molecule has 6 heteroatoms. The molecule has 0 aromatic carbocycles. The molecule has 0 saturated carbocycles. The fraction of sp³-hybridized carbons (Fsp3) is 0.188. The van der Waals surface area contributed by atoms with Gasteiger partial charge in [-0.15, -0.1) is 11.3 Å². The first-order valence-electron chi connectivity index (χ1n) is 7.09. The van der Waals surface area contributed by atoms with Crippen LogP contribution in [0.4, 0.5) is 11.5 Å². The smallest absolute Gasteiger partial charge is 0.269 e. The van der Waals surface area contributed by atoms with Gasteiger partial charge in [0.05, 0.1) is 5.69 Å². The molecule has 0 aliphatic carbocycles. The van der Waals surface area contributed by atoms with E-state index in [0.717, 1.165) is 28.8 Å². The lowest BCUT2D eigenvalue weighted by Crippen LogP contribution is -2.12.